The molecule has 5 nitrogen and oxygen atoms in total. The van der Waals surface area contributed by atoms with E-state index in [-0.39, 0.29) is 18.4 Å². The van der Waals surface area contributed by atoms with E-state index in [0.717, 1.165) is 36.1 Å². The first-order chi connectivity index (χ1) is 13.1. The number of anilines is 1. The summed E-state index contributed by atoms with van der Waals surface area (Å²) >= 11 is 0. The number of carbonyl (C=O) groups excluding carboxylic acids is 1. The molecule has 1 saturated heterocycles. The van der Waals surface area contributed by atoms with Gasteiger partial charge in [-0.3, -0.25) is 14.5 Å². The van der Waals surface area contributed by atoms with Gasteiger partial charge in [0.1, 0.15) is 0 Å². The summed E-state index contributed by atoms with van der Waals surface area (Å²) in [6.45, 7) is 1.40. The molecular formula is C22H24N2O3. The average Bonchev–Trinajstić information content (AvgIpc) is 3.21. The number of hydrogen-bond donors (Lipinski definition) is 2. The van der Waals surface area contributed by atoms with Crippen LogP contribution in [-0.2, 0) is 9.59 Å². The summed E-state index contributed by atoms with van der Waals surface area (Å²) in [5, 5.41) is 12.7. The van der Waals surface area contributed by atoms with Crippen LogP contribution in [-0.4, -0.2) is 41.5 Å². The summed E-state index contributed by atoms with van der Waals surface area (Å²) in [5.74, 6) is -0.638. The van der Waals surface area contributed by atoms with Crippen molar-refractivity contribution in [3.63, 3.8) is 0 Å². The van der Waals surface area contributed by atoms with Gasteiger partial charge in [0.05, 0.1) is 12.0 Å². The predicted octanol–water partition coefficient (Wildman–Crippen LogP) is 3.48. The number of fused-ring (bicyclic) bond motifs is 1. The monoisotopic (exact) mass is 364 g/mol. The van der Waals surface area contributed by atoms with Crippen molar-refractivity contribution in [2.45, 2.75) is 19.3 Å². The Hall–Kier alpha value is -2.66. The van der Waals surface area contributed by atoms with Gasteiger partial charge in [-0.25, -0.2) is 0 Å². The molecule has 0 bridgehead atoms. The van der Waals surface area contributed by atoms with Crippen molar-refractivity contribution < 1.29 is 14.7 Å². The minimum absolute atomic E-state index is 0.0982. The molecule has 2 aromatic rings. The van der Waals surface area contributed by atoms with Gasteiger partial charge in [-0.1, -0.05) is 55.0 Å². The predicted molar refractivity (Wildman–Crippen MR) is 104 cm³/mol. The lowest BCUT2D eigenvalue weighted by Gasteiger charge is -2.23. The van der Waals surface area contributed by atoms with Crippen molar-refractivity contribution in [1.82, 2.24) is 4.90 Å². The van der Waals surface area contributed by atoms with Gasteiger partial charge < -0.3 is 10.4 Å². The normalized spacial score (nSPS) is 24.5. The number of hydrogen-bond acceptors (Lipinski definition) is 3. The molecule has 0 spiro atoms. The number of rotatable bonds is 5. The zero-order valence-electron chi connectivity index (χ0n) is 15.2. The van der Waals surface area contributed by atoms with Gasteiger partial charge in [-0.2, -0.15) is 0 Å². The third-order valence-electron chi connectivity index (χ3n) is 6.02. The number of carbonyl (C=O) groups is 2. The van der Waals surface area contributed by atoms with Crippen LogP contribution in [0.25, 0.3) is 11.1 Å². The highest BCUT2D eigenvalue weighted by Gasteiger charge is 2.54. The molecule has 27 heavy (non-hydrogen) atoms. The van der Waals surface area contributed by atoms with Gasteiger partial charge in [-0.05, 0) is 30.4 Å². The first-order valence-electron chi connectivity index (χ1n) is 9.48. The van der Waals surface area contributed by atoms with E-state index in [1.54, 1.807) is 0 Å². The van der Waals surface area contributed by atoms with Crippen LogP contribution in [0.4, 0.5) is 5.69 Å². The molecule has 2 aromatic carbocycles. The summed E-state index contributed by atoms with van der Waals surface area (Å²) in [4.78, 5) is 26.4. The van der Waals surface area contributed by atoms with E-state index in [1.165, 1.54) is 0 Å². The van der Waals surface area contributed by atoms with Gasteiger partial charge in [0.15, 0.2) is 0 Å². The standard InChI is InChI=1S/C22H24N2O3/c25-20(14-24-13-17-9-6-12-22(17,15-24)21(26)27)23-19-11-5-4-10-18(19)16-7-2-1-3-8-16/h1-5,7-8,10-11,17H,6,9,12-15H2,(H,23,25)(H,26,27)/t17-,22+/m0/s1. The van der Waals surface area contributed by atoms with E-state index >= 15 is 0 Å². The number of carboxylic acid groups (broad SMARTS) is 1. The summed E-state index contributed by atoms with van der Waals surface area (Å²) < 4.78 is 0. The number of carboxylic acids is 1. The van der Waals surface area contributed by atoms with Crippen LogP contribution >= 0.6 is 0 Å². The number of benzene rings is 2. The van der Waals surface area contributed by atoms with Crippen molar-refractivity contribution in [2.24, 2.45) is 11.3 Å². The van der Waals surface area contributed by atoms with Crippen LogP contribution in [0.5, 0.6) is 0 Å². The summed E-state index contributed by atoms with van der Waals surface area (Å²) in [7, 11) is 0. The maximum atomic E-state index is 12.6. The second kappa shape index (κ2) is 7.16. The molecule has 1 saturated carbocycles. The van der Waals surface area contributed by atoms with Gasteiger partial charge in [0.2, 0.25) is 5.91 Å². The molecule has 2 N–H and O–H groups in total. The first kappa shape index (κ1) is 17.7. The molecule has 2 fully saturated rings. The average molecular weight is 364 g/mol. The fourth-order valence-electron chi connectivity index (χ4n) is 4.72. The summed E-state index contributed by atoms with van der Waals surface area (Å²) in [5.41, 5.74) is 2.16. The van der Waals surface area contributed by atoms with Crippen molar-refractivity contribution >= 4 is 17.6 Å². The third-order valence-corrected chi connectivity index (χ3v) is 6.02. The maximum Gasteiger partial charge on any atom is 0.311 e. The molecule has 140 valence electrons. The zero-order valence-corrected chi connectivity index (χ0v) is 15.2. The van der Waals surface area contributed by atoms with Crippen LogP contribution < -0.4 is 5.32 Å². The number of nitrogens with zero attached hydrogens (tertiary/aromatic N) is 1. The minimum Gasteiger partial charge on any atom is -0.481 e. The van der Waals surface area contributed by atoms with Gasteiger partial charge in [0, 0.05) is 24.3 Å². The van der Waals surface area contributed by atoms with E-state index in [2.05, 4.69) is 5.32 Å². The third kappa shape index (κ3) is 3.35. The van der Waals surface area contributed by atoms with E-state index < -0.39 is 11.4 Å². The Morgan fingerprint density at radius 2 is 1.85 bits per heavy atom. The summed E-state index contributed by atoms with van der Waals surface area (Å²) in [6, 6.07) is 17.7. The van der Waals surface area contributed by atoms with Crippen molar-refractivity contribution in [1.29, 1.82) is 0 Å². The number of amides is 1. The Balaban J connectivity index is 1.45. The largest absolute Gasteiger partial charge is 0.481 e. The lowest BCUT2D eigenvalue weighted by molar-refractivity contribution is -0.149. The molecule has 4 rings (SSSR count). The second-order valence-corrected chi connectivity index (χ2v) is 7.68. The lowest BCUT2D eigenvalue weighted by atomic mass is 9.81. The summed E-state index contributed by atoms with van der Waals surface area (Å²) in [6.07, 6.45) is 2.64. The van der Waals surface area contributed by atoms with E-state index in [0.29, 0.717) is 13.1 Å². The molecule has 1 amide bonds. The fraction of sp³-hybridized carbons (Fsp3) is 0.364. The van der Waals surface area contributed by atoms with Crippen LogP contribution in [0, 0.1) is 11.3 Å². The van der Waals surface area contributed by atoms with E-state index in [4.69, 9.17) is 0 Å². The van der Waals surface area contributed by atoms with Gasteiger partial charge >= 0.3 is 5.97 Å². The van der Waals surface area contributed by atoms with Crippen molar-refractivity contribution in [3.8, 4) is 11.1 Å². The highest BCUT2D eigenvalue weighted by molar-refractivity contribution is 5.96. The second-order valence-electron chi connectivity index (χ2n) is 7.68. The van der Waals surface area contributed by atoms with Crippen LogP contribution in [0.3, 0.4) is 0 Å². The number of aliphatic carboxylic acids is 1. The number of para-hydroxylation sites is 1. The molecule has 0 unspecified atom stereocenters. The lowest BCUT2D eigenvalue weighted by Crippen LogP contribution is -2.37. The van der Waals surface area contributed by atoms with Gasteiger partial charge in [0.25, 0.3) is 0 Å². The van der Waals surface area contributed by atoms with Crippen LogP contribution in [0.1, 0.15) is 19.3 Å². The topological polar surface area (TPSA) is 69.6 Å². The Morgan fingerprint density at radius 3 is 2.59 bits per heavy atom. The minimum atomic E-state index is -0.706. The molecule has 1 aliphatic carbocycles. The van der Waals surface area contributed by atoms with E-state index in [9.17, 15) is 14.7 Å². The highest BCUT2D eigenvalue weighted by atomic mass is 16.4. The Labute approximate surface area is 159 Å². The number of likely N-dealkylation sites (tertiary alicyclic amines) is 1. The molecule has 1 heterocycles. The molecule has 1 aliphatic heterocycles. The van der Waals surface area contributed by atoms with Crippen molar-refractivity contribution in [3.05, 3.63) is 54.6 Å². The van der Waals surface area contributed by atoms with Crippen LogP contribution in [0.2, 0.25) is 0 Å². The molecular weight excluding hydrogens is 340 g/mol. The molecule has 2 aliphatic rings. The quantitative estimate of drug-likeness (QED) is 0.852. The Morgan fingerprint density at radius 1 is 1.11 bits per heavy atom. The van der Waals surface area contributed by atoms with Crippen LogP contribution in [0.15, 0.2) is 54.6 Å². The van der Waals surface area contributed by atoms with Gasteiger partial charge in [-0.15, -0.1) is 0 Å². The molecule has 5 heteroatoms. The van der Waals surface area contributed by atoms with E-state index in [1.807, 2.05) is 59.5 Å². The highest BCUT2D eigenvalue weighted by Crippen LogP contribution is 2.48. The maximum absolute atomic E-state index is 12.6. The molecule has 0 aromatic heterocycles. The first-order valence-corrected chi connectivity index (χ1v) is 9.48. The molecule has 2 atom stereocenters. The van der Waals surface area contributed by atoms with Crippen molar-refractivity contribution in [2.75, 3.05) is 25.0 Å². The SMILES string of the molecule is O=C(CN1C[C@@H]2CCC[C@@]2(C(=O)O)C1)Nc1ccccc1-c1ccccc1. The Kier molecular flexibility index (Phi) is 4.70. The smallest absolute Gasteiger partial charge is 0.311 e. The Bertz CT molecular complexity index is 852. The zero-order chi connectivity index (χ0) is 18.9. The molecule has 0 radical (unpaired) electrons. The number of nitrogens with one attached hydrogen (secondary N) is 1. The fourth-order valence-corrected chi connectivity index (χ4v) is 4.72.